The summed E-state index contributed by atoms with van der Waals surface area (Å²) in [5.41, 5.74) is 1.36. The Morgan fingerprint density at radius 2 is 2.03 bits per heavy atom. The highest BCUT2D eigenvalue weighted by molar-refractivity contribution is 14.1. The summed E-state index contributed by atoms with van der Waals surface area (Å²) in [4.78, 5) is 28.2. The Kier molecular flexibility index (Phi) is 5.92. The Labute approximate surface area is 188 Å². The SMILES string of the molecule is C[C@@H]1C(=O)N(CI)C2=CC=C(Nc3ccc(C(=O)O)cc3O)NC2N1C1CCCC1. The Morgan fingerprint density at radius 3 is 2.67 bits per heavy atom. The molecule has 30 heavy (non-hydrogen) atoms. The quantitative estimate of drug-likeness (QED) is 0.203. The van der Waals surface area contributed by atoms with Crippen molar-refractivity contribution in [1.29, 1.82) is 0 Å². The number of alkyl halides is 1. The van der Waals surface area contributed by atoms with Crippen LogP contribution < -0.4 is 10.6 Å². The molecular formula is C21H25IN4O4. The monoisotopic (exact) mass is 524 g/mol. The van der Waals surface area contributed by atoms with Gasteiger partial charge in [-0.15, -0.1) is 0 Å². The van der Waals surface area contributed by atoms with Crippen molar-refractivity contribution in [2.24, 2.45) is 0 Å². The van der Waals surface area contributed by atoms with E-state index in [0.717, 1.165) is 18.5 Å². The second-order valence-electron chi connectivity index (χ2n) is 7.83. The molecule has 1 aliphatic carbocycles. The largest absolute Gasteiger partial charge is 0.506 e. The molecule has 1 saturated carbocycles. The lowest BCUT2D eigenvalue weighted by Crippen LogP contribution is -2.66. The zero-order chi connectivity index (χ0) is 21.4. The average Bonchev–Trinajstić information content (AvgIpc) is 3.25. The van der Waals surface area contributed by atoms with Crippen LogP contribution in [0.15, 0.2) is 41.9 Å². The molecule has 9 heteroatoms. The highest BCUT2D eigenvalue weighted by Crippen LogP contribution is 2.35. The van der Waals surface area contributed by atoms with Crippen LogP contribution in [-0.4, -0.2) is 54.7 Å². The van der Waals surface area contributed by atoms with Gasteiger partial charge in [-0.3, -0.25) is 9.69 Å². The van der Waals surface area contributed by atoms with Crippen molar-refractivity contribution in [3.8, 4) is 5.75 Å². The number of dihydropyridines is 1. The highest BCUT2D eigenvalue weighted by Gasteiger charge is 2.45. The first-order chi connectivity index (χ1) is 14.4. The van der Waals surface area contributed by atoms with Crippen molar-refractivity contribution in [1.82, 2.24) is 15.1 Å². The predicted molar refractivity (Wildman–Crippen MR) is 121 cm³/mol. The molecule has 2 aliphatic heterocycles. The van der Waals surface area contributed by atoms with Crippen LogP contribution in [-0.2, 0) is 4.79 Å². The molecule has 0 bridgehead atoms. The van der Waals surface area contributed by atoms with E-state index in [4.69, 9.17) is 5.11 Å². The molecule has 1 aromatic rings. The van der Waals surface area contributed by atoms with Gasteiger partial charge in [0.2, 0.25) is 5.91 Å². The van der Waals surface area contributed by atoms with Crippen LogP contribution in [0.25, 0.3) is 0 Å². The minimum Gasteiger partial charge on any atom is -0.506 e. The number of aromatic carboxylic acids is 1. The van der Waals surface area contributed by atoms with E-state index in [9.17, 15) is 14.7 Å². The van der Waals surface area contributed by atoms with E-state index in [1.165, 1.54) is 25.0 Å². The van der Waals surface area contributed by atoms with Gasteiger partial charge in [-0.1, -0.05) is 35.4 Å². The van der Waals surface area contributed by atoms with E-state index in [1.807, 2.05) is 24.0 Å². The molecule has 4 rings (SSSR count). The van der Waals surface area contributed by atoms with Gasteiger partial charge in [0.05, 0.1) is 27.5 Å². The Balaban J connectivity index is 1.62. The fraction of sp³-hybridized carbons (Fsp3) is 0.429. The minimum atomic E-state index is -1.09. The Bertz CT molecular complexity index is 926. The third-order valence-electron chi connectivity index (χ3n) is 6.05. The smallest absolute Gasteiger partial charge is 0.335 e. The number of carbonyl (C=O) groups excluding carboxylic acids is 1. The van der Waals surface area contributed by atoms with Gasteiger partial charge in [-0.25, -0.2) is 4.79 Å². The minimum absolute atomic E-state index is 0.0236. The van der Waals surface area contributed by atoms with Crippen LogP contribution in [0.4, 0.5) is 5.69 Å². The number of fused-ring (bicyclic) bond motifs is 1. The number of nitrogens with one attached hydrogen (secondary N) is 2. The molecule has 0 radical (unpaired) electrons. The highest BCUT2D eigenvalue weighted by atomic mass is 127. The van der Waals surface area contributed by atoms with E-state index in [1.54, 1.807) is 6.07 Å². The molecule has 4 N–H and O–H groups in total. The summed E-state index contributed by atoms with van der Waals surface area (Å²) < 4.78 is 0.581. The second-order valence-corrected chi connectivity index (χ2v) is 8.51. The zero-order valence-corrected chi connectivity index (χ0v) is 18.8. The van der Waals surface area contributed by atoms with Crippen molar-refractivity contribution in [2.45, 2.75) is 50.9 Å². The number of anilines is 1. The summed E-state index contributed by atoms with van der Waals surface area (Å²) >= 11 is 2.21. The lowest BCUT2D eigenvalue weighted by Gasteiger charge is -2.50. The fourth-order valence-corrected chi connectivity index (χ4v) is 5.28. The van der Waals surface area contributed by atoms with Gasteiger partial charge >= 0.3 is 5.97 Å². The molecule has 1 saturated heterocycles. The number of phenols is 1. The van der Waals surface area contributed by atoms with E-state index < -0.39 is 5.97 Å². The number of piperazine rings is 1. The second kappa shape index (κ2) is 8.46. The molecule has 1 unspecified atom stereocenters. The first kappa shape index (κ1) is 21.0. The average molecular weight is 524 g/mol. The van der Waals surface area contributed by atoms with Gasteiger partial charge < -0.3 is 25.7 Å². The number of carboxylic acids is 1. The number of benzene rings is 1. The number of halogens is 1. The summed E-state index contributed by atoms with van der Waals surface area (Å²) in [5.74, 6) is -0.431. The van der Waals surface area contributed by atoms with Crippen LogP contribution >= 0.6 is 22.6 Å². The number of rotatable bonds is 5. The first-order valence-corrected chi connectivity index (χ1v) is 11.6. The van der Waals surface area contributed by atoms with Crippen molar-refractivity contribution < 1.29 is 19.8 Å². The van der Waals surface area contributed by atoms with Crippen LogP contribution in [0.3, 0.4) is 0 Å². The summed E-state index contributed by atoms with van der Waals surface area (Å²) in [6, 6.07) is 4.33. The number of carboxylic acid groups (broad SMARTS) is 1. The molecule has 0 spiro atoms. The predicted octanol–water partition coefficient (Wildman–Crippen LogP) is 3.02. The Hall–Kier alpha value is -2.27. The number of amides is 1. The zero-order valence-electron chi connectivity index (χ0n) is 16.6. The van der Waals surface area contributed by atoms with E-state index in [2.05, 4.69) is 38.1 Å². The van der Waals surface area contributed by atoms with Gasteiger partial charge in [-0.2, -0.15) is 0 Å². The summed E-state index contributed by atoms with van der Waals surface area (Å²) in [6.07, 6.45) is 8.14. The van der Waals surface area contributed by atoms with Crippen molar-refractivity contribution >= 4 is 40.2 Å². The lowest BCUT2D eigenvalue weighted by atomic mass is 10.0. The van der Waals surface area contributed by atoms with Crippen molar-refractivity contribution in [2.75, 3.05) is 9.87 Å². The van der Waals surface area contributed by atoms with Gasteiger partial charge in [-0.05, 0) is 50.1 Å². The molecular weight excluding hydrogens is 499 g/mol. The van der Waals surface area contributed by atoms with E-state index in [-0.39, 0.29) is 29.4 Å². The van der Waals surface area contributed by atoms with Crippen LogP contribution in [0.1, 0.15) is 43.0 Å². The molecule has 1 aromatic carbocycles. The topological polar surface area (TPSA) is 105 Å². The molecule has 2 fully saturated rings. The molecule has 160 valence electrons. The number of carbonyl (C=O) groups is 2. The Morgan fingerprint density at radius 1 is 1.30 bits per heavy atom. The lowest BCUT2D eigenvalue weighted by molar-refractivity contribution is -0.141. The molecule has 2 atom stereocenters. The van der Waals surface area contributed by atoms with Crippen LogP contribution in [0.5, 0.6) is 5.75 Å². The van der Waals surface area contributed by atoms with Crippen molar-refractivity contribution in [3.63, 3.8) is 0 Å². The first-order valence-electron chi connectivity index (χ1n) is 10.1. The number of phenolic OH excluding ortho intramolecular Hbond substituents is 1. The maximum absolute atomic E-state index is 13.0. The maximum Gasteiger partial charge on any atom is 0.335 e. The molecule has 3 aliphatic rings. The van der Waals surface area contributed by atoms with E-state index >= 15 is 0 Å². The number of hydrogen-bond donors (Lipinski definition) is 4. The third-order valence-corrected chi connectivity index (χ3v) is 6.74. The summed E-state index contributed by atoms with van der Waals surface area (Å²) in [5, 5.41) is 25.9. The number of allylic oxidation sites excluding steroid dienone is 2. The number of nitrogens with zero attached hydrogens (tertiary/aromatic N) is 2. The number of hydrogen-bond acceptors (Lipinski definition) is 6. The van der Waals surface area contributed by atoms with Crippen molar-refractivity contribution in [3.05, 3.63) is 47.4 Å². The van der Waals surface area contributed by atoms with E-state index in [0.29, 0.717) is 22.1 Å². The van der Waals surface area contributed by atoms with Crippen LogP contribution in [0, 0.1) is 0 Å². The normalized spacial score (nSPS) is 24.7. The molecule has 2 heterocycles. The van der Waals surface area contributed by atoms with Gasteiger partial charge in [0.25, 0.3) is 0 Å². The molecule has 1 amide bonds. The fourth-order valence-electron chi connectivity index (χ4n) is 4.55. The third kappa shape index (κ3) is 3.76. The van der Waals surface area contributed by atoms with Gasteiger partial charge in [0.15, 0.2) is 0 Å². The summed E-state index contributed by atoms with van der Waals surface area (Å²) in [6.45, 7) is 1.97. The van der Waals surface area contributed by atoms with Gasteiger partial charge in [0, 0.05) is 6.04 Å². The standard InChI is InChI=1S/C21H25IN4O4/c1-12-20(28)25(11-22)16-8-9-18(24-19(16)26(12)14-4-2-3-5-14)23-15-7-6-13(21(29)30)10-17(15)27/h6-10,12,14,19,23-24,27H,2-5,11H2,1H3,(H,29,30)/t12-,19?/m1/s1. The van der Waals surface area contributed by atoms with Crippen LogP contribution in [0.2, 0.25) is 0 Å². The molecule has 0 aromatic heterocycles. The summed E-state index contributed by atoms with van der Waals surface area (Å²) in [7, 11) is 0. The maximum atomic E-state index is 13.0. The molecule has 8 nitrogen and oxygen atoms in total. The van der Waals surface area contributed by atoms with Gasteiger partial charge in [0.1, 0.15) is 17.7 Å². The number of aromatic hydroxyl groups is 1.